The molecule has 0 radical (unpaired) electrons. The number of hydrogen-bond acceptors (Lipinski definition) is 2. The molecule has 0 saturated carbocycles. The Bertz CT molecular complexity index is 216. The van der Waals surface area contributed by atoms with Gasteiger partial charge in [-0.25, -0.2) is 0 Å². The lowest BCUT2D eigenvalue weighted by Crippen LogP contribution is -2.04. The van der Waals surface area contributed by atoms with Crippen molar-refractivity contribution in [3.63, 3.8) is 0 Å². The minimum absolute atomic E-state index is 0.144. The van der Waals surface area contributed by atoms with E-state index in [2.05, 4.69) is 30.5 Å². The molecule has 0 fully saturated rings. The fourth-order valence-corrected chi connectivity index (χ4v) is 1.32. The largest absolute Gasteiger partial charge is 0.324 e. The third kappa shape index (κ3) is 2.24. The van der Waals surface area contributed by atoms with Crippen LogP contribution in [0.5, 0.6) is 0 Å². The predicted octanol–water partition coefficient (Wildman–Crippen LogP) is 2.43. The van der Waals surface area contributed by atoms with Crippen LogP contribution in [-0.4, -0.2) is 6.26 Å². The molecule has 0 aliphatic rings. The Labute approximate surface area is 72.0 Å². The van der Waals surface area contributed by atoms with Gasteiger partial charge in [0.05, 0.1) is 0 Å². The molecule has 0 aliphatic heterocycles. The van der Waals surface area contributed by atoms with Gasteiger partial charge in [-0.2, -0.15) is 0 Å². The van der Waals surface area contributed by atoms with Crippen LogP contribution in [0.3, 0.4) is 0 Å². The minimum Gasteiger partial charge on any atom is -0.324 e. The summed E-state index contributed by atoms with van der Waals surface area (Å²) in [7, 11) is 0. The van der Waals surface area contributed by atoms with Gasteiger partial charge in [0.25, 0.3) is 0 Å². The molecule has 2 heteroatoms. The molecule has 1 nitrogen and oxygen atoms in total. The quantitative estimate of drug-likeness (QED) is 0.685. The van der Waals surface area contributed by atoms with E-state index in [9.17, 15) is 0 Å². The first-order valence-corrected chi connectivity index (χ1v) is 4.86. The molecule has 0 spiro atoms. The Balaban J connectivity index is 2.83. The first-order valence-electron chi connectivity index (χ1n) is 3.63. The second-order valence-corrected chi connectivity index (χ2v) is 3.44. The Morgan fingerprint density at radius 3 is 2.18 bits per heavy atom. The van der Waals surface area contributed by atoms with Crippen LogP contribution in [0.25, 0.3) is 0 Å². The monoisotopic (exact) mass is 167 g/mol. The molecule has 0 saturated heterocycles. The van der Waals surface area contributed by atoms with E-state index in [1.807, 2.05) is 6.92 Å². The fourth-order valence-electron chi connectivity index (χ4n) is 0.907. The van der Waals surface area contributed by atoms with Crippen LogP contribution in [0.15, 0.2) is 29.2 Å². The normalized spacial score (nSPS) is 13.0. The van der Waals surface area contributed by atoms with E-state index < -0.39 is 0 Å². The highest BCUT2D eigenvalue weighted by atomic mass is 32.2. The van der Waals surface area contributed by atoms with Crippen molar-refractivity contribution in [3.05, 3.63) is 29.8 Å². The summed E-state index contributed by atoms with van der Waals surface area (Å²) in [6.07, 6.45) is 2.07. The molecule has 1 aromatic carbocycles. The van der Waals surface area contributed by atoms with Crippen LogP contribution in [-0.2, 0) is 0 Å². The first-order chi connectivity index (χ1) is 5.24. The van der Waals surface area contributed by atoms with Crippen LogP contribution >= 0.6 is 11.8 Å². The van der Waals surface area contributed by atoms with Gasteiger partial charge in [0.1, 0.15) is 0 Å². The summed E-state index contributed by atoms with van der Waals surface area (Å²) in [6.45, 7) is 1.99. The third-order valence-electron chi connectivity index (χ3n) is 1.64. The van der Waals surface area contributed by atoms with Crippen LogP contribution in [0.4, 0.5) is 0 Å². The topological polar surface area (TPSA) is 26.0 Å². The van der Waals surface area contributed by atoms with Gasteiger partial charge in [0.15, 0.2) is 0 Å². The lowest BCUT2D eigenvalue weighted by Gasteiger charge is -2.04. The standard InChI is InChI=1S/C9H13NS/c1-7(10)8-3-5-9(11-2)6-4-8/h3-7H,10H2,1-2H3/t7-/m0/s1. The maximum absolute atomic E-state index is 5.70. The summed E-state index contributed by atoms with van der Waals surface area (Å²) in [4.78, 5) is 1.29. The van der Waals surface area contributed by atoms with Crippen molar-refractivity contribution in [2.45, 2.75) is 17.9 Å². The maximum Gasteiger partial charge on any atom is 0.0266 e. The van der Waals surface area contributed by atoms with Gasteiger partial charge in [-0.05, 0) is 30.9 Å². The van der Waals surface area contributed by atoms with Crippen molar-refractivity contribution < 1.29 is 0 Å². The molecule has 1 rings (SSSR count). The average Bonchev–Trinajstić information content (AvgIpc) is 2.05. The zero-order chi connectivity index (χ0) is 8.27. The molecule has 60 valence electrons. The second kappa shape index (κ2) is 3.79. The number of benzene rings is 1. The van der Waals surface area contributed by atoms with Crippen LogP contribution in [0.2, 0.25) is 0 Å². The van der Waals surface area contributed by atoms with Gasteiger partial charge in [-0.3, -0.25) is 0 Å². The number of nitrogens with two attached hydrogens (primary N) is 1. The molecule has 0 bridgehead atoms. The Morgan fingerprint density at radius 1 is 1.27 bits per heavy atom. The third-order valence-corrected chi connectivity index (χ3v) is 2.39. The number of thioether (sulfide) groups is 1. The summed E-state index contributed by atoms with van der Waals surface area (Å²) >= 11 is 1.75. The molecule has 0 aliphatic carbocycles. The zero-order valence-electron chi connectivity index (χ0n) is 6.87. The van der Waals surface area contributed by atoms with Crippen LogP contribution < -0.4 is 5.73 Å². The summed E-state index contributed by atoms with van der Waals surface area (Å²) in [6, 6.07) is 8.51. The van der Waals surface area contributed by atoms with E-state index >= 15 is 0 Å². The highest BCUT2D eigenvalue weighted by Gasteiger charge is 1.97. The van der Waals surface area contributed by atoms with E-state index in [0.29, 0.717) is 0 Å². The average molecular weight is 167 g/mol. The van der Waals surface area contributed by atoms with Gasteiger partial charge in [-0.1, -0.05) is 12.1 Å². The molecule has 0 unspecified atom stereocenters. The van der Waals surface area contributed by atoms with Crippen molar-refractivity contribution in [3.8, 4) is 0 Å². The Kier molecular flexibility index (Phi) is 2.97. The molecular formula is C9H13NS. The summed E-state index contributed by atoms with van der Waals surface area (Å²) in [5.74, 6) is 0. The molecule has 0 heterocycles. The lowest BCUT2D eigenvalue weighted by molar-refractivity contribution is 0.817. The van der Waals surface area contributed by atoms with E-state index in [0.717, 1.165) is 0 Å². The highest BCUT2D eigenvalue weighted by Crippen LogP contribution is 2.17. The smallest absolute Gasteiger partial charge is 0.0266 e. The van der Waals surface area contributed by atoms with Crippen LogP contribution in [0, 0.1) is 0 Å². The predicted molar refractivity (Wildman–Crippen MR) is 50.8 cm³/mol. The fraction of sp³-hybridized carbons (Fsp3) is 0.333. The molecule has 11 heavy (non-hydrogen) atoms. The van der Waals surface area contributed by atoms with Gasteiger partial charge in [-0.15, -0.1) is 11.8 Å². The molecule has 0 aromatic heterocycles. The van der Waals surface area contributed by atoms with Crippen molar-refractivity contribution in [2.75, 3.05) is 6.26 Å². The van der Waals surface area contributed by atoms with Crippen molar-refractivity contribution in [2.24, 2.45) is 5.73 Å². The molecule has 1 atom stereocenters. The maximum atomic E-state index is 5.70. The molecule has 2 N–H and O–H groups in total. The minimum atomic E-state index is 0.144. The van der Waals surface area contributed by atoms with Gasteiger partial charge in [0, 0.05) is 10.9 Å². The Morgan fingerprint density at radius 2 is 1.82 bits per heavy atom. The number of hydrogen-bond donors (Lipinski definition) is 1. The Hall–Kier alpha value is -0.470. The SMILES string of the molecule is CSc1ccc([C@H](C)N)cc1. The van der Waals surface area contributed by atoms with Gasteiger partial charge in [0.2, 0.25) is 0 Å². The van der Waals surface area contributed by atoms with E-state index in [1.54, 1.807) is 11.8 Å². The number of rotatable bonds is 2. The van der Waals surface area contributed by atoms with Crippen molar-refractivity contribution in [1.29, 1.82) is 0 Å². The van der Waals surface area contributed by atoms with Gasteiger partial charge >= 0.3 is 0 Å². The first kappa shape index (κ1) is 8.62. The molecule has 0 amide bonds. The molecule has 1 aromatic rings. The van der Waals surface area contributed by atoms with Crippen LogP contribution in [0.1, 0.15) is 18.5 Å². The summed E-state index contributed by atoms with van der Waals surface area (Å²) in [5.41, 5.74) is 6.90. The zero-order valence-corrected chi connectivity index (χ0v) is 7.69. The van der Waals surface area contributed by atoms with Crippen molar-refractivity contribution >= 4 is 11.8 Å². The van der Waals surface area contributed by atoms with Crippen molar-refractivity contribution in [1.82, 2.24) is 0 Å². The lowest BCUT2D eigenvalue weighted by atomic mass is 10.1. The van der Waals surface area contributed by atoms with E-state index in [4.69, 9.17) is 5.73 Å². The molecular weight excluding hydrogens is 154 g/mol. The van der Waals surface area contributed by atoms with Gasteiger partial charge < -0.3 is 5.73 Å². The highest BCUT2D eigenvalue weighted by molar-refractivity contribution is 7.98. The van der Waals surface area contributed by atoms with E-state index in [1.165, 1.54) is 10.5 Å². The summed E-state index contributed by atoms with van der Waals surface area (Å²) in [5, 5.41) is 0. The summed E-state index contributed by atoms with van der Waals surface area (Å²) < 4.78 is 0. The van der Waals surface area contributed by atoms with E-state index in [-0.39, 0.29) is 6.04 Å². The second-order valence-electron chi connectivity index (χ2n) is 2.56.